The number of Topliss-reactive ketones (excluding diaryl/α,β-unsaturated/α-hetero) is 2. The first-order valence-electron chi connectivity index (χ1n) is 23.9. The molecule has 6 rings (SSSR count). The van der Waals surface area contributed by atoms with Gasteiger partial charge in [-0.1, -0.05) is 39.8 Å². The minimum absolute atomic E-state index is 0.0253. The Balaban J connectivity index is 1.30. The Morgan fingerprint density at radius 3 is 2.34 bits per heavy atom. The Labute approximate surface area is 384 Å². The predicted octanol–water partition coefficient (Wildman–Crippen LogP) is 7.04. The van der Waals surface area contributed by atoms with Gasteiger partial charge < -0.3 is 48.5 Å². The lowest BCUT2D eigenvalue weighted by atomic mass is 9.81. The van der Waals surface area contributed by atoms with Gasteiger partial charge in [-0.05, 0) is 131 Å². The number of nitrogens with one attached hydrogen (secondary N) is 1. The summed E-state index contributed by atoms with van der Waals surface area (Å²) in [5.41, 5.74) is 2.50. The number of rotatable bonds is 8. The molecule has 3 N–H and O–H groups in total. The topological polar surface area (TPSA) is 183 Å². The molecule has 1 amide bonds. The zero-order valence-electron chi connectivity index (χ0n) is 40.0. The van der Waals surface area contributed by atoms with Crippen molar-refractivity contribution in [2.24, 2.45) is 29.6 Å². The molecular formula is C51H74N2O12. The summed E-state index contributed by atoms with van der Waals surface area (Å²) in [6.07, 6.45) is 6.84. The molecule has 3 aliphatic heterocycles. The first-order chi connectivity index (χ1) is 31.0. The standard InChI is InChI=1S/C51H74N2O12/c1-10-35-24-30(3)45(55)31(4)25-43(61-8)47-44(62-9)26-33(6)51(59,65-47)48(56)49(57)53-22-12-11-13-39(53)50(58)64-46(29(2)14-18-40(35)54)32(5)23-34-15-19-41(42(27-34)60-7)63-37-16-17-38-36(28-37)20-21-52-38/h16-17,20-21,23-24,28-29,31,33-35,39,41-47,52,55,59H,10-15,18-19,22,25-27H2,1-9H3. The van der Waals surface area contributed by atoms with Gasteiger partial charge >= 0.3 is 5.97 Å². The molecule has 360 valence electrons. The SMILES string of the molecule is CCC1C=C(C)C(O)C(C)CC(OC)C2OC(O)(C(=O)C(=O)N3CCCCC3C(=O)OC(C(C)=CC3CCC(Oc4ccc5[nH]ccc5c4)C(OC)C3)C(C)CCC1=O)C(C)CC2OC. The Kier molecular flexibility index (Phi) is 17.3. The van der Waals surface area contributed by atoms with Crippen LogP contribution in [0.2, 0.25) is 0 Å². The van der Waals surface area contributed by atoms with Crippen molar-refractivity contribution in [1.82, 2.24) is 9.88 Å². The highest BCUT2D eigenvalue weighted by molar-refractivity contribution is 6.39. The van der Waals surface area contributed by atoms with E-state index in [1.54, 1.807) is 14.0 Å². The zero-order valence-corrected chi connectivity index (χ0v) is 40.0. The molecule has 2 aromatic rings. The normalized spacial score (nSPS) is 36.7. The summed E-state index contributed by atoms with van der Waals surface area (Å²) in [5.74, 6) is -6.47. The van der Waals surface area contributed by atoms with Gasteiger partial charge in [0.05, 0.1) is 24.4 Å². The minimum atomic E-state index is -2.54. The molecule has 0 radical (unpaired) electrons. The van der Waals surface area contributed by atoms with E-state index in [4.69, 9.17) is 28.4 Å². The lowest BCUT2D eigenvalue weighted by molar-refractivity contribution is -0.302. The Morgan fingerprint density at radius 2 is 1.63 bits per heavy atom. The van der Waals surface area contributed by atoms with Crippen molar-refractivity contribution in [2.45, 2.75) is 167 Å². The predicted molar refractivity (Wildman–Crippen MR) is 245 cm³/mol. The molecule has 14 heteroatoms. The molecular weight excluding hydrogens is 833 g/mol. The van der Waals surface area contributed by atoms with Crippen LogP contribution in [0.1, 0.15) is 112 Å². The highest BCUT2D eigenvalue weighted by Crippen LogP contribution is 2.40. The largest absolute Gasteiger partial charge is 0.488 e. The molecule has 65 heavy (non-hydrogen) atoms. The first kappa shape index (κ1) is 50.5. The smallest absolute Gasteiger partial charge is 0.329 e. The second kappa shape index (κ2) is 22.3. The lowest BCUT2D eigenvalue weighted by Gasteiger charge is -2.47. The van der Waals surface area contributed by atoms with Crippen LogP contribution >= 0.6 is 0 Å². The number of allylic oxidation sites excluding steroid dienone is 2. The van der Waals surface area contributed by atoms with Crippen LogP contribution < -0.4 is 4.74 Å². The molecule has 1 aromatic carbocycles. The summed E-state index contributed by atoms with van der Waals surface area (Å²) in [7, 11) is 4.69. The number of amides is 1. The van der Waals surface area contributed by atoms with E-state index in [9.17, 15) is 29.4 Å². The average molecular weight is 907 g/mol. The highest BCUT2D eigenvalue weighted by atomic mass is 16.7. The number of piperidine rings is 1. The third-order valence-corrected chi connectivity index (χ3v) is 14.8. The molecule has 4 aliphatic rings. The van der Waals surface area contributed by atoms with Crippen molar-refractivity contribution in [3.63, 3.8) is 0 Å². The van der Waals surface area contributed by atoms with E-state index in [0.717, 1.165) is 35.1 Å². The maximum Gasteiger partial charge on any atom is 0.329 e. The number of aromatic nitrogens is 1. The number of aliphatic hydroxyl groups is 2. The van der Waals surface area contributed by atoms with Crippen molar-refractivity contribution in [3.8, 4) is 5.75 Å². The monoisotopic (exact) mass is 907 g/mol. The number of hydrogen-bond donors (Lipinski definition) is 3. The second-order valence-electron chi connectivity index (χ2n) is 19.4. The molecule has 0 spiro atoms. The minimum Gasteiger partial charge on any atom is -0.488 e. The van der Waals surface area contributed by atoms with E-state index in [2.05, 4.69) is 11.1 Å². The van der Waals surface area contributed by atoms with Crippen molar-refractivity contribution in [3.05, 3.63) is 53.8 Å². The fourth-order valence-electron chi connectivity index (χ4n) is 10.7. The van der Waals surface area contributed by atoms with Crippen LogP contribution in [0.4, 0.5) is 0 Å². The fourth-order valence-corrected chi connectivity index (χ4v) is 10.7. The van der Waals surface area contributed by atoms with E-state index in [1.807, 2.05) is 71.2 Å². The molecule has 2 bridgehead atoms. The summed E-state index contributed by atoms with van der Waals surface area (Å²) in [4.78, 5) is 61.6. The summed E-state index contributed by atoms with van der Waals surface area (Å²) in [6, 6.07) is 6.92. The Hall–Kier alpha value is -3.92. The van der Waals surface area contributed by atoms with Crippen LogP contribution in [-0.2, 0) is 42.9 Å². The number of aromatic amines is 1. The molecule has 1 saturated carbocycles. The van der Waals surface area contributed by atoms with E-state index < -0.39 is 77.8 Å². The molecule has 4 heterocycles. The number of hydrogen-bond acceptors (Lipinski definition) is 12. The van der Waals surface area contributed by atoms with E-state index in [1.165, 1.54) is 19.1 Å². The van der Waals surface area contributed by atoms with Gasteiger partial charge in [-0.15, -0.1) is 0 Å². The van der Waals surface area contributed by atoms with Gasteiger partial charge in [0.1, 0.15) is 35.9 Å². The van der Waals surface area contributed by atoms with E-state index in [-0.39, 0.29) is 62.1 Å². The maximum atomic E-state index is 14.5. The quantitative estimate of drug-likeness (QED) is 0.140. The number of fused-ring (bicyclic) bond motifs is 4. The van der Waals surface area contributed by atoms with Crippen LogP contribution in [0.25, 0.3) is 10.9 Å². The number of ether oxygens (including phenoxy) is 6. The highest BCUT2D eigenvalue weighted by Gasteiger charge is 2.56. The zero-order chi connectivity index (χ0) is 47.2. The number of ketones is 2. The van der Waals surface area contributed by atoms with E-state index in [0.29, 0.717) is 37.7 Å². The van der Waals surface area contributed by atoms with Gasteiger partial charge in [-0.2, -0.15) is 0 Å². The number of esters is 1. The van der Waals surface area contributed by atoms with Gasteiger partial charge in [-0.3, -0.25) is 14.4 Å². The molecule has 1 aliphatic carbocycles. The number of benzene rings is 1. The van der Waals surface area contributed by atoms with E-state index >= 15 is 0 Å². The summed E-state index contributed by atoms with van der Waals surface area (Å²) in [6.45, 7) is 11.3. The molecule has 14 unspecified atom stereocenters. The molecule has 3 fully saturated rings. The van der Waals surface area contributed by atoms with Crippen LogP contribution in [0.3, 0.4) is 0 Å². The van der Waals surface area contributed by atoms with Crippen LogP contribution in [0, 0.1) is 29.6 Å². The van der Waals surface area contributed by atoms with Gasteiger partial charge in [0, 0.05) is 63.2 Å². The molecule has 14 nitrogen and oxygen atoms in total. The molecule has 2 saturated heterocycles. The van der Waals surface area contributed by atoms with Crippen LogP contribution in [0.5, 0.6) is 5.75 Å². The number of nitrogens with zero attached hydrogens (tertiary/aromatic N) is 1. The van der Waals surface area contributed by atoms with Crippen molar-refractivity contribution >= 4 is 34.3 Å². The number of aliphatic hydroxyl groups excluding tert-OH is 1. The number of methoxy groups -OCH3 is 3. The molecule has 14 atom stereocenters. The van der Waals surface area contributed by atoms with Gasteiger partial charge in [0.2, 0.25) is 5.79 Å². The van der Waals surface area contributed by atoms with Crippen LogP contribution in [0.15, 0.2) is 53.8 Å². The Bertz CT molecular complexity index is 2030. The molecule has 1 aromatic heterocycles. The van der Waals surface area contributed by atoms with Crippen molar-refractivity contribution in [2.75, 3.05) is 27.9 Å². The number of carbonyl (C=O) groups excluding carboxylic acids is 4. The number of H-pyrrole nitrogens is 1. The Morgan fingerprint density at radius 1 is 0.908 bits per heavy atom. The first-order valence-corrected chi connectivity index (χ1v) is 23.9. The van der Waals surface area contributed by atoms with Crippen molar-refractivity contribution < 1.29 is 57.8 Å². The fraction of sp³-hybridized carbons (Fsp3) is 0.686. The van der Waals surface area contributed by atoms with Crippen molar-refractivity contribution in [1.29, 1.82) is 0 Å². The third kappa shape index (κ3) is 11.4. The summed E-state index contributed by atoms with van der Waals surface area (Å²) < 4.78 is 36.9. The lowest BCUT2D eigenvalue weighted by Crippen LogP contribution is -2.64. The summed E-state index contributed by atoms with van der Waals surface area (Å²) >= 11 is 0. The average Bonchev–Trinajstić information content (AvgIpc) is 3.78. The van der Waals surface area contributed by atoms with Gasteiger partial charge in [0.25, 0.3) is 11.7 Å². The second-order valence-corrected chi connectivity index (χ2v) is 19.4. The maximum absolute atomic E-state index is 14.5. The van der Waals surface area contributed by atoms with Gasteiger partial charge in [-0.25, -0.2) is 4.79 Å². The number of cyclic esters (lactones) is 1. The number of carbonyl (C=O) groups is 4. The summed E-state index contributed by atoms with van der Waals surface area (Å²) in [5, 5.41) is 24.8. The van der Waals surface area contributed by atoms with Crippen LogP contribution in [-0.4, -0.2) is 126 Å². The van der Waals surface area contributed by atoms with Gasteiger partial charge in [0.15, 0.2) is 0 Å². The third-order valence-electron chi connectivity index (χ3n) is 14.8.